The maximum atomic E-state index is 12.3. The van der Waals surface area contributed by atoms with Gasteiger partial charge in [-0.25, -0.2) is 9.59 Å². The number of carbonyl (C=O) groups excluding carboxylic acids is 1. The van der Waals surface area contributed by atoms with Crippen LogP contribution in [0, 0.1) is 10.1 Å². The Hall–Kier alpha value is -3.55. The van der Waals surface area contributed by atoms with Gasteiger partial charge in [-0.05, 0) is 6.07 Å². The largest absolute Gasteiger partial charge is 0.508 e. The van der Waals surface area contributed by atoms with Crippen molar-refractivity contribution in [1.29, 1.82) is 0 Å². The number of nitro benzene ring substituents is 1. The van der Waals surface area contributed by atoms with Crippen molar-refractivity contribution in [3.8, 4) is 0 Å². The number of anilines is 1. The molecule has 1 aromatic carbocycles. The van der Waals surface area contributed by atoms with Crippen LogP contribution in [0.2, 0.25) is 0 Å². The summed E-state index contributed by atoms with van der Waals surface area (Å²) in [7, 11) is 0. The number of nitrogens with two attached hydrogens (primary N) is 1. The van der Waals surface area contributed by atoms with E-state index < -0.39 is 53.8 Å². The number of aromatic nitrogens is 2. The van der Waals surface area contributed by atoms with Crippen molar-refractivity contribution >= 4 is 17.7 Å². The first-order chi connectivity index (χ1) is 15.2. The molecule has 1 aromatic heterocycles. The third-order valence-corrected chi connectivity index (χ3v) is 4.97. The van der Waals surface area contributed by atoms with E-state index in [1.165, 1.54) is 24.4 Å². The van der Waals surface area contributed by atoms with Crippen molar-refractivity contribution in [1.82, 2.24) is 9.55 Å². The lowest BCUT2D eigenvalue weighted by atomic mass is 10.0. The second-order valence-corrected chi connectivity index (χ2v) is 7.14. The van der Waals surface area contributed by atoms with Gasteiger partial charge in [-0.15, -0.1) is 0 Å². The van der Waals surface area contributed by atoms with Gasteiger partial charge in [-0.1, -0.05) is 25.1 Å². The van der Waals surface area contributed by atoms with Crippen LogP contribution in [0.25, 0.3) is 0 Å². The Kier molecular flexibility index (Phi) is 7.02. The molecule has 4 N–H and O–H groups in total. The van der Waals surface area contributed by atoms with Crippen LogP contribution >= 0.6 is 0 Å². The van der Waals surface area contributed by atoms with Crippen molar-refractivity contribution in [2.75, 3.05) is 18.9 Å². The van der Waals surface area contributed by atoms with Gasteiger partial charge in [0.1, 0.15) is 24.6 Å². The fourth-order valence-corrected chi connectivity index (χ4v) is 3.34. The minimum atomic E-state index is -1.46. The van der Waals surface area contributed by atoms with E-state index in [9.17, 15) is 29.9 Å². The number of nitrogens with zero attached hydrogens (tertiary/aromatic N) is 3. The lowest BCUT2D eigenvalue weighted by molar-refractivity contribution is -0.385. The van der Waals surface area contributed by atoms with Crippen LogP contribution in [0.15, 0.2) is 41.3 Å². The van der Waals surface area contributed by atoms with Gasteiger partial charge in [-0.2, -0.15) is 4.98 Å². The summed E-state index contributed by atoms with van der Waals surface area (Å²) in [6.45, 7) is 0.788. The molecule has 0 aliphatic carbocycles. The number of aliphatic hydroxyl groups excluding tert-OH is 2. The van der Waals surface area contributed by atoms with Crippen LogP contribution in [-0.2, 0) is 14.2 Å². The van der Waals surface area contributed by atoms with Crippen molar-refractivity contribution in [3.05, 3.63) is 62.7 Å². The van der Waals surface area contributed by atoms with E-state index in [0.717, 1.165) is 4.57 Å². The minimum absolute atomic E-state index is 0.0376. The van der Waals surface area contributed by atoms with Crippen LogP contribution in [0.3, 0.4) is 0 Å². The van der Waals surface area contributed by atoms with Crippen molar-refractivity contribution in [3.63, 3.8) is 0 Å². The van der Waals surface area contributed by atoms with E-state index in [0.29, 0.717) is 5.56 Å². The molecule has 1 aliphatic rings. The van der Waals surface area contributed by atoms with Gasteiger partial charge >= 0.3 is 11.8 Å². The molecule has 0 amide bonds. The highest BCUT2D eigenvalue weighted by Gasteiger charge is 2.47. The number of hydrogen-bond donors (Lipinski definition) is 3. The van der Waals surface area contributed by atoms with Crippen molar-refractivity contribution < 1.29 is 34.1 Å². The monoisotopic (exact) mass is 450 g/mol. The molecule has 32 heavy (non-hydrogen) atoms. The molecule has 1 unspecified atom stereocenters. The average molecular weight is 450 g/mol. The van der Waals surface area contributed by atoms with Gasteiger partial charge < -0.3 is 30.2 Å². The number of aliphatic hydroxyl groups is 2. The van der Waals surface area contributed by atoms with E-state index >= 15 is 0 Å². The van der Waals surface area contributed by atoms with E-state index in [1.54, 1.807) is 19.1 Å². The normalized spacial score (nSPS) is 23.5. The Bertz CT molecular complexity index is 1040. The summed E-state index contributed by atoms with van der Waals surface area (Å²) in [4.78, 5) is 38.6. The molecule has 1 fully saturated rings. The molecule has 13 heteroatoms. The number of hydrogen-bond acceptors (Lipinski definition) is 11. The number of benzene rings is 1. The lowest BCUT2D eigenvalue weighted by Gasteiger charge is -2.22. The van der Waals surface area contributed by atoms with E-state index in [2.05, 4.69) is 4.98 Å². The van der Waals surface area contributed by atoms with Gasteiger partial charge in [0.25, 0.3) is 5.69 Å². The maximum absolute atomic E-state index is 12.3. The van der Waals surface area contributed by atoms with Crippen LogP contribution in [0.5, 0.6) is 0 Å². The van der Waals surface area contributed by atoms with Crippen LogP contribution in [0.1, 0.15) is 24.6 Å². The Morgan fingerprint density at radius 1 is 1.41 bits per heavy atom. The van der Waals surface area contributed by atoms with Crippen molar-refractivity contribution in [2.24, 2.45) is 0 Å². The van der Waals surface area contributed by atoms with Gasteiger partial charge in [0.15, 0.2) is 12.3 Å². The molecule has 3 rings (SSSR count). The number of nitro groups is 1. The quantitative estimate of drug-likeness (QED) is 0.299. The molecular weight excluding hydrogens is 428 g/mol. The molecule has 2 heterocycles. The fourth-order valence-electron chi connectivity index (χ4n) is 3.34. The van der Waals surface area contributed by atoms with Gasteiger partial charge in [0, 0.05) is 23.7 Å². The second kappa shape index (κ2) is 9.72. The molecule has 172 valence electrons. The zero-order valence-electron chi connectivity index (χ0n) is 16.9. The Morgan fingerprint density at radius 3 is 2.78 bits per heavy atom. The molecule has 2 aromatic rings. The number of para-hydroxylation sites is 1. The highest BCUT2D eigenvalue weighted by atomic mass is 16.7. The second-order valence-electron chi connectivity index (χ2n) is 7.14. The molecule has 1 saturated heterocycles. The third-order valence-electron chi connectivity index (χ3n) is 4.97. The highest BCUT2D eigenvalue weighted by Crippen LogP contribution is 2.31. The van der Waals surface area contributed by atoms with E-state index in [-0.39, 0.29) is 18.1 Å². The highest BCUT2D eigenvalue weighted by molar-refractivity contribution is 5.60. The number of nitrogen functional groups attached to an aromatic ring is 1. The predicted octanol–water partition coefficient (Wildman–Crippen LogP) is 0.310. The fraction of sp³-hybridized carbons (Fsp3) is 0.421. The summed E-state index contributed by atoms with van der Waals surface area (Å²) in [5.74, 6) is -0.566. The summed E-state index contributed by atoms with van der Waals surface area (Å²) in [5.41, 5.74) is 4.91. The maximum Gasteiger partial charge on any atom is 0.508 e. The first-order valence-electron chi connectivity index (χ1n) is 9.58. The first kappa shape index (κ1) is 23.1. The third kappa shape index (κ3) is 4.85. The Morgan fingerprint density at radius 2 is 2.12 bits per heavy atom. The summed E-state index contributed by atoms with van der Waals surface area (Å²) in [5, 5.41) is 31.0. The van der Waals surface area contributed by atoms with E-state index in [4.69, 9.17) is 19.9 Å². The summed E-state index contributed by atoms with van der Waals surface area (Å²) in [6.07, 6.45) is -5.22. The molecule has 0 radical (unpaired) electrons. The zero-order chi connectivity index (χ0) is 23.4. The molecule has 0 spiro atoms. The Balaban J connectivity index is 1.70. The smallest absolute Gasteiger partial charge is 0.434 e. The van der Waals surface area contributed by atoms with Crippen molar-refractivity contribution in [2.45, 2.75) is 37.4 Å². The lowest BCUT2D eigenvalue weighted by Crippen LogP contribution is -2.39. The van der Waals surface area contributed by atoms with Crippen LogP contribution < -0.4 is 11.4 Å². The first-order valence-corrected chi connectivity index (χ1v) is 9.58. The van der Waals surface area contributed by atoms with Crippen LogP contribution in [0.4, 0.5) is 16.3 Å². The van der Waals surface area contributed by atoms with E-state index in [1.807, 2.05) is 0 Å². The molecule has 5 atom stereocenters. The summed E-state index contributed by atoms with van der Waals surface area (Å²) in [6, 6.07) is 7.36. The molecule has 13 nitrogen and oxygen atoms in total. The predicted molar refractivity (Wildman–Crippen MR) is 108 cm³/mol. The topological polar surface area (TPSA) is 189 Å². The molecule has 1 aliphatic heterocycles. The number of carbonyl (C=O) groups is 1. The zero-order valence-corrected chi connectivity index (χ0v) is 16.9. The Labute approximate surface area is 181 Å². The van der Waals surface area contributed by atoms with Gasteiger partial charge in [-0.3, -0.25) is 14.7 Å². The van der Waals surface area contributed by atoms with Crippen LogP contribution in [-0.4, -0.2) is 62.4 Å². The molecule has 0 bridgehead atoms. The molecule has 0 saturated carbocycles. The molecular formula is C19H22N4O9. The average Bonchev–Trinajstić information content (AvgIpc) is 3.07. The van der Waals surface area contributed by atoms with Gasteiger partial charge in [0.2, 0.25) is 0 Å². The standard InChI is InChI=1S/C19H22N4O9/c1-10(11-4-2-3-5-12(11)23(28)29)9-30-19(27)32-16-15(25)13(8-24)31-17(16)22-7-6-14(20)21-18(22)26/h2-7,10,13,15-17,24-25H,8-9H2,1H3,(H2,20,21,26)/t10?,13-,15-,16-,17-/m1/s1. The minimum Gasteiger partial charge on any atom is -0.434 e. The summed E-state index contributed by atoms with van der Waals surface area (Å²) < 4.78 is 16.7. The number of ether oxygens (including phenoxy) is 3. The number of rotatable bonds is 7. The summed E-state index contributed by atoms with van der Waals surface area (Å²) >= 11 is 0. The van der Waals surface area contributed by atoms with Gasteiger partial charge in [0.05, 0.1) is 11.5 Å². The SMILES string of the molecule is CC(COC(=O)O[C@@H]1[C@H](O)[C@@H](CO)O[C@H]1n1ccc(N)nc1=O)c1ccccc1[N+](=O)[O-].